The fraction of sp³-hybridized carbons (Fsp3) is 0.316. The van der Waals surface area contributed by atoms with Crippen LogP contribution in [0.2, 0.25) is 10.0 Å². The third kappa shape index (κ3) is 4.34. The second-order valence-electron chi connectivity index (χ2n) is 6.22. The number of carbonyl (C=O) groups is 2. The van der Waals surface area contributed by atoms with Crippen molar-refractivity contribution in [2.45, 2.75) is 25.7 Å². The molecule has 1 saturated heterocycles. The molecule has 2 aromatic rings. The Balaban J connectivity index is 1.78. The first kappa shape index (κ1) is 18.7. The standard InChI is InChI=1S/C19H19Cl2N3O2/c20-15-6-5-7-16(21)17(15)23-18(25)13-10-14(12-22-11-13)19(26)24-8-3-1-2-4-9-24/h5-7,10-12H,1-4,8-9H2,(H,23,25). The minimum Gasteiger partial charge on any atom is -0.339 e. The van der Waals surface area contributed by atoms with E-state index in [4.69, 9.17) is 23.2 Å². The second-order valence-corrected chi connectivity index (χ2v) is 7.03. The van der Waals surface area contributed by atoms with Gasteiger partial charge in [-0.25, -0.2) is 0 Å². The normalized spacial score (nSPS) is 14.6. The molecule has 0 atom stereocenters. The third-order valence-electron chi connectivity index (χ3n) is 4.34. The van der Waals surface area contributed by atoms with Crippen LogP contribution in [0.5, 0.6) is 0 Å². The van der Waals surface area contributed by atoms with Crippen LogP contribution in [0.15, 0.2) is 36.7 Å². The highest BCUT2D eigenvalue weighted by Gasteiger charge is 2.19. The molecule has 0 aliphatic carbocycles. The number of amides is 2. The Labute approximate surface area is 162 Å². The lowest BCUT2D eigenvalue weighted by Crippen LogP contribution is -2.32. The maximum Gasteiger partial charge on any atom is 0.257 e. The topological polar surface area (TPSA) is 62.3 Å². The molecule has 0 bridgehead atoms. The third-order valence-corrected chi connectivity index (χ3v) is 4.97. The summed E-state index contributed by atoms with van der Waals surface area (Å²) in [5.41, 5.74) is 1.02. The van der Waals surface area contributed by atoms with Gasteiger partial charge in [-0.2, -0.15) is 0 Å². The van der Waals surface area contributed by atoms with E-state index < -0.39 is 5.91 Å². The van der Waals surface area contributed by atoms with E-state index in [0.717, 1.165) is 38.8 Å². The van der Waals surface area contributed by atoms with Crippen molar-refractivity contribution >= 4 is 40.7 Å². The first-order valence-corrected chi connectivity index (χ1v) is 9.31. The Morgan fingerprint density at radius 3 is 2.23 bits per heavy atom. The molecule has 1 N–H and O–H groups in total. The average molecular weight is 392 g/mol. The molecule has 1 aromatic heterocycles. The van der Waals surface area contributed by atoms with Gasteiger partial charge >= 0.3 is 0 Å². The summed E-state index contributed by atoms with van der Waals surface area (Å²) < 4.78 is 0. The summed E-state index contributed by atoms with van der Waals surface area (Å²) in [5.74, 6) is -0.511. The van der Waals surface area contributed by atoms with E-state index in [9.17, 15) is 9.59 Å². The number of para-hydroxylation sites is 1. The number of pyridine rings is 1. The predicted octanol–water partition coefficient (Wildman–Crippen LogP) is 4.66. The number of hydrogen-bond acceptors (Lipinski definition) is 3. The molecule has 7 heteroatoms. The molecular formula is C19H19Cl2N3O2. The summed E-state index contributed by atoms with van der Waals surface area (Å²) in [4.78, 5) is 31.1. The highest BCUT2D eigenvalue weighted by atomic mass is 35.5. The van der Waals surface area contributed by atoms with Gasteiger partial charge in [-0.1, -0.05) is 42.1 Å². The summed E-state index contributed by atoms with van der Waals surface area (Å²) in [6.45, 7) is 1.48. The number of rotatable bonds is 3. The SMILES string of the molecule is O=C(Nc1c(Cl)cccc1Cl)c1cncc(C(=O)N2CCCCCC2)c1. The average Bonchev–Trinajstić information content (AvgIpc) is 2.93. The summed E-state index contributed by atoms with van der Waals surface area (Å²) in [5, 5.41) is 3.37. The minimum atomic E-state index is -0.419. The number of carbonyl (C=O) groups excluding carboxylic acids is 2. The smallest absolute Gasteiger partial charge is 0.257 e. The molecule has 26 heavy (non-hydrogen) atoms. The van der Waals surface area contributed by atoms with E-state index in [2.05, 4.69) is 10.3 Å². The van der Waals surface area contributed by atoms with Gasteiger partial charge in [0.2, 0.25) is 0 Å². The van der Waals surface area contributed by atoms with Crippen molar-refractivity contribution in [3.63, 3.8) is 0 Å². The number of likely N-dealkylation sites (tertiary alicyclic amines) is 1. The lowest BCUT2D eigenvalue weighted by atomic mass is 10.1. The molecule has 1 fully saturated rings. The summed E-state index contributed by atoms with van der Waals surface area (Å²) in [6, 6.07) is 6.53. The fourth-order valence-corrected chi connectivity index (χ4v) is 3.43. The summed E-state index contributed by atoms with van der Waals surface area (Å²) in [7, 11) is 0. The van der Waals surface area contributed by atoms with Crippen molar-refractivity contribution in [1.29, 1.82) is 0 Å². The highest BCUT2D eigenvalue weighted by Crippen LogP contribution is 2.30. The zero-order valence-electron chi connectivity index (χ0n) is 14.2. The molecule has 3 rings (SSSR count). The molecule has 136 valence electrons. The van der Waals surface area contributed by atoms with E-state index in [1.807, 2.05) is 4.90 Å². The minimum absolute atomic E-state index is 0.0928. The Kier molecular flexibility index (Phi) is 6.12. The van der Waals surface area contributed by atoms with Crippen molar-refractivity contribution in [3.8, 4) is 0 Å². The van der Waals surface area contributed by atoms with Crippen LogP contribution in [-0.2, 0) is 0 Å². The number of nitrogens with one attached hydrogen (secondary N) is 1. The first-order chi connectivity index (χ1) is 12.6. The van der Waals surface area contributed by atoms with Crippen LogP contribution in [0.1, 0.15) is 46.4 Å². The molecule has 1 aliphatic heterocycles. The van der Waals surface area contributed by atoms with Gasteiger partial charge in [0.25, 0.3) is 11.8 Å². The van der Waals surface area contributed by atoms with E-state index in [0.29, 0.717) is 21.3 Å². The molecule has 1 aromatic carbocycles. The van der Waals surface area contributed by atoms with Crippen molar-refractivity contribution in [2.24, 2.45) is 0 Å². The van der Waals surface area contributed by atoms with Crippen LogP contribution in [0.25, 0.3) is 0 Å². The number of benzene rings is 1. The highest BCUT2D eigenvalue weighted by molar-refractivity contribution is 6.40. The molecule has 0 radical (unpaired) electrons. The van der Waals surface area contributed by atoms with E-state index in [1.165, 1.54) is 12.4 Å². The van der Waals surface area contributed by atoms with Crippen molar-refractivity contribution in [3.05, 3.63) is 57.8 Å². The molecule has 0 unspecified atom stereocenters. The molecule has 0 saturated carbocycles. The Bertz CT molecular complexity index is 798. The van der Waals surface area contributed by atoms with Gasteiger partial charge in [0, 0.05) is 25.5 Å². The quantitative estimate of drug-likeness (QED) is 0.827. The van der Waals surface area contributed by atoms with Crippen LogP contribution in [0.3, 0.4) is 0 Å². The Morgan fingerprint density at radius 1 is 0.962 bits per heavy atom. The number of aromatic nitrogens is 1. The number of nitrogens with zero attached hydrogens (tertiary/aromatic N) is 2. The van der Waals surface area contributed by atoms with Gasteiger partial charge in [-0.05, 0) is 31.0 Å². The van der Waals surface area contributed by atoms with Crippen LogP contribution in [-0.4, -0.2) is 34.8 Å². The predicted molar refractivity (Wildman–Crippen MR) is 103 cm³/mol. The second kappa shape index (κ2) is 8.52. The van der Waals surface area contributed by atoms with Crippen molar-refractivity contribution in [1.82, 2.24) is 9.88 Å². The monoisotopic (exact) mass is 391 g/mol. The fourth-order valence-electron chi connectivity index (χ4n) is 2.94. The Hall–Kier alpha value is -2.11. The van der Waals surface area contributed by atoms with Gasteiger partial charge in [0.05, 0.1) is 26.9 Å². The Morgan fingerprint density at radius 2 is 1.58 bits per heavy atom. The van der Waals surface area contributed by atoms with Crippen LogP contribution in [0, 0.1) is 0 Å². The lowest BCUT2D eigenvalue weighted by Gasteiger charge is -2.20. The van der Waals surface area contributed by atoms with Gasteiger partial charge < -0.3 is 10.2 Å². The zero-order chi connectivity index (χ0) is 18.5. The number of halogens is 2. The zero-order valence-corrected chi connectivity index (χ0v) is 15.7. The maximum atomic E-state index is 12.7. The molecular weight excluding hydrogens is 373 g/mol. The number of hydrogen-bond donors (Lipinski definition) is 1. The molecule has 2 heterocycles. The van der Waals surface area contributed by atoms with E-state index in [-0.39, 0.29) is 11.5 Å². The van der Waals surface area contributed by atoms with Crippen LogP contribution < -0.4 is 5.32 Å². The molecule has 5 nitrogen and oxygen atoms in total. The van der Waals surface area contributed by atoms with E-state index in [1.54, 1.807) is 24.3 Å². The first-order valence-electron chi connectivity index (χ1n) is 8.56. The molecule has 1 aliphatic rings. The maximum absolute atomic E-state index is 12.7. The molecule has 0 spiro atoms. The van der Waals surface area contributed by atoms with Crippen molar-refractivity contribution in [2.75, 3.05) is 18.4 Å². The van der Waals surface area contributed by atoms with Crippen LogP contribution >= 0.6 is 23.2 Å². The van der Waals surface area contributed by atoms with Crippen molar-refractivity contribution < 1.29 is 9.59 Å². The molecule has 2 amide bonds. The van der Waals surface area contributed by atoms with Gasteiger partial charge in [-0.3, -0.25) is 14.6 Å². The largest absolute Gasteiger partial charge is 0.339 e. The summed E-state index contributed by atoms with van der Waals surface area (Å²) >= 11 is 12.2. The van der Waals surface area contributed by atoms with Crippen LogP contribution in [0.4, 0.5) is 5.69 Å². The van der Waals surface area contributed by atoms with Gasteiger partial charge in [0.15, 0.2) is 0 Å². The lowest BCUT2D eigenvalue weighted by molar-refractivity contribution is 0.0761. The number of anilines is 1. The van der Waals surface area contributed by atoms with Gasteiger partial charge in [0.1, 0.15) is 0 Å². The van der Waals surface area contributed by atoms with Gasteiger partial charge in [-0.15, -0.1) is 0 Å². The van der Waals surface area contributed by atoms with E-state index >= 15 is 0 Å². The summed E-state index contributed by atoms with van der Waals surface area (Å²) in [6.07, 6.45) is 7.20.